The van der Waals surface area contributed by atoms with Gasteiger partial charge in [0.05, 0.1) is 0 Å². The van der Waals surface area contributed by atoms with Crippen LogP contribution in [0.5, 0.6) is 0 Å². The molecule has 0 saturated carbocycles. The summed E-state index contributed by atoms with van der Waals surface area (Å²) in [5.74, 6) is -2.38. The van der Waals surface area contributed by atoms with Gasteiger partial charge in [-0.1, -0.05) is 67.6 Å². The van der Waals surface area contributed by atoms with E-state index in [1.165, 1.54) is 6.08 Å². The van der Waals surface area contributed by atoms with E-state index in [0.717, 1.165) is 5.56 Å². The zero-order chi connectivity index (χ0) is 17.2. The Kier molecular flexibility index (Phi) is 4.21. The molecule has 24 heavy (non-hydrogen) atoms. The molecule has 0 aliphatic carbocycles. The summed E-state index contributed by atoms with van der Waals surface area (Å²) in [5.41, 5.74) is 0.723. The molecule has 0 aromatic heterocycles. The number of ether oxygens (including phenoxy) is 1. The summed E-state index contributed by atoms with van der Waals surface area (Å²) in [5, 5.41) is 9.79. The monoisotopic (exact) mass is 322 g/mol. The molecule has 2 unspecified atom stereocenters. The van der Waals surface area contributed by atoms with E-state index in [0.29, 0.717) is 17.6 Å². The summed E-state index contributed by atoms with van der Waals surface area (Å²) >= 11 is 0. The molecule has 122 valence electrons. The number of benzene rings is 2. The normalized spacial score (nSPS) is 21.0. The summed E-state index contributed by atoms with van der Waals surface area (Å²) in [6, 6.07) is 18.4. The Hall–Kier alpha value is -2.88. The molecule has 0 bridgehead atoms. The van der Waals surface area contributed by atoms with Crippen LogP contribution < -0.4 is 0 Å². The summed E-state index contributed by atoms with van der Waals surface area (Å²) in [6.07, 6.45) is 1.75. The minimum absolute atomic E-state index is 0.335. The van der Waals surface area contributed by atoms with Crippen molar-refractivity contribution in [1.82, 2.24) is 0 Å². The van der Waals surface area contributed by atoms with Gasteiger partial charge in [-0.25, -0.2) is 4.79 Å². The lowest BCUT2D eigenvalue weighted by Crippen LogP contribution is -2.41. The average molecular weight is 322 g/mol. The van der Waals surface area contributed by atoms with Crippen molar-refractivity contribution in [1.29, 1.82) is 0 Å². The van der Waals surface area contributed by atoms with Crippen LogP contribution in [0, 0.1) is 5.92 Å². The van der Waals surface area contributed by atoms with E-state index in [9.17, 15) is 14.7 Å². The van der Waals surface area contributed by atoms with Crippen LogP contribution in [0.2, 0.25) is 0 Å². The SMILES string of the molecule is CCC(C(=O)O)C1(c2ccccc2)OC(=O)C=C1c1ccccc1. The first kappa shape index (κ1) is 16.0. The van der Waals surface area contributed by atoms with Gasteiger partial charge in [-0.05, 0) is 12.0 Å². The highest BCUT2D eigenvalue weighted by molar-refractivity contribution is 6.01. The van der Waals surface area contributed by atoms with Crippen LogP contribution >= 0.6 is 0 Å². The third-order valence-electron chi connectivity index (χ3n) is 4.41. The topological polar surface area (TPSA) is 63.6 Å². The molecule has 4 heteroatoms. The number of esters is 1. The molecule has 0 radical (unpaired) electrons. The average Bonchev–Trinajstić information content (AvgIpc) is 2.95. The number of carbonyl (C=O) groups excluding carboxylic acids is 1. The fourth-order valence-electron chi connectivity index (χ4n) is 3.38. The molecule has 0 fully saturated rings. The summed E-state index contributed by atoms with van der Waals surface area (Å²) in [7, 11) is 0. The maximum Gasteiger partial charge on any atom is 0.332 e. The number of hydrogen-bond donors (Lipinski definition) is 1. The number of hydrogen-bond acceptors (Lipinski definition) is 3. The second-order valence-electron chi connectivity index (χ2n) is 5.75. The van der Waals surface area contributed by atoms with E-state index in [2.05, 4.69) is 0 Å². The highest BCUT2D eigenvalue weighted by Gasteiger charge is 2.53. The van der Waals surface area contributed by atoms with E-state index in [-0.39, 0.29) is 0 Å². The van der Waals surface area contributed by atoms with Gasteiger partial charge in [-0.15, -0.1) is 0 Å². The maximum atomic E-state index is 12.2. The number of rotatable bonds is 5. The van der Waals surface area contributed by atoms with Gasteiger partial charge >= 0.3 is 11.9 Å². The van der Waals surface area contributed by atoms with Gasteiger partial charge in [0.1, 0.15) is 5.92 Å². The molecule has 2 aromatic carbocycles. The Bertz CT molecular complexity index is 780. The van der Waals surface area contributed by atoms with Gasteiger partial charge in [0.25, 0.3) is 0 Å². The van der Waals surface area contributed by atoms with Crippen LogP contribution in [0.1, 0.15) is 24.5 Å². The second-order valence-corrected chi connectivity index (χ2v) is 5.75. The van der Waals surface area contributed by atoms with Gasteiger partial charge in [-0.3, -0.25) is 4.79 Å². The maximum absolute atomic E-state index is 12.2. The predicted molar refractivity (Wildman–Crippen MR) is 90.0 cm³/mol. The van der Waals surface area contributed by atoms with Crippen LogP contribution in [-0.4, -0.2) is 17.0 Å². The summed E-state index contributed by atoms with van der Waals surface area (Å²) in [6.45, 7) is 1.79. The molecule has 0 saturated heterocycles. The Balaban J connectivity index is 2.27. The zero-order valence-electron chi connectivity index (χ0n) is 13.3. The number of aliphatic carboxylic acids is 1. The molecule has 1 aliphatic rings. The van der Waals surface area contributed by atoms with Gasteiger partial charge in [0.15, 0.2) is 5.60 Å². The highest BCUT2D eigenvalue weighted by atomic mass is 16.6. The van der Waals surface area contributed by atoms with Crippen LogP contribution in [-0.2, 0) is 19.9 Å². The van der Waals surface area contributed by atoms with Crippen LogP contribution in [0.3, 0.4) is 0 Å². The molecule has 1 N–H and O–H groups in total. The molecule has 4 nitrogen and oxygen atoms in total. The van der Waals surface area contributed by atoms with E-state index in [1.54, 1.807) is 19.1 Å². The molecule has 1 heterocycles. The second kappa shape index (κ2) is 6.32. The summed E-state index contributed by atoms with van der Waals surface area (Å²) < 4.78 is 5.70. The van der Waals surface area contributed by atoms with Gasteiger partial charge < -0.3 is 9.84 Å². The van der Waals surface area contributed by atoms with Crippen LogP contribution in [0.15, 0.2) is 66.7 Å². The molecule has 3 rings (SSSR count). The van der Waals surface area contributed by atoms with Gasteiger partial charge in [0, 0.05) is 17.2 Å². The predicted octanol–water partition coefficient (Wildman–Crippen LogP) is 3.63. The lowest BCUT2D eigenvalue weighted by atomic mass is 9.73. The third kappa shape index (κ3) is 2.50. The molecule has 0 spiro atoms. The van der Waals surface area contributed by atoms with Crippen LogP contribution in [0.25, 0.3) is 5.57 Å². The molecular formula is C20H18O4. The fourth-order valence-corrected chi connectivity index (χ4v) is 3.38. The quantitative estimate of drug-likeness (QED) is 0.854. The molecule has 2 aromatic rings. The summed E-state index contributed by atoms with van der Waals surface area (Å²) in [4.78, 5) is 24.1. The van der Waals surface area contributed by atoms with Crippen molar-refractivity contribution in [3.05, 3.63) is 77.9 Å². The number of carboxylic acid groups (broad SMARTS) is 1. The number of carbonyl (C=O) groups is 2. The van der Waals surface area contributed by atoms with Crippen molar-refractivity contribution >= 4 is 17.5 Å². The third-order valence-corrected chi connectivity index (χ3v) is 4.41. The minimum Gasteiger partial charge on any atom is -0.481 e. The van der Waals surface area contributed by atoms with Crippen molar-refractivity contribution in [3.8, 4) is 0 Å². The zero-order valence-corrected chi connectivity index (χ0v) is 13.3. The molecule has 2 atom stereocenters. The Morgan fingerprint density at radius 2 is 1.67 bits per heavy atom. The molecule has 1 aliphatic heterocycles. The highest BCUT2D eigenvalue weighted by Crippen LogP contribution is 2.50. The standard InChI is InChI=1S/C20H18O4/c1-2-16(19(22)23)20(15-11-7-4-8-12-15)17(13-18(21)24-20)14-9-5-3-6-10-14/h3-13,16H,2H2,1H3,(H,22,23). The Morgan fingerprint density at radius 1 is 1.08 bits per heavy atom. The smallest absolute Gasteiger partial charge is 0.332 e. The van der Waals surface area contributed by atoms with E-state index < -0.39 is 23.5 Å². The fraction of sp³-hybridized carbons (Fsp3) is 0.200. The first-order valence-electron chi connectivity index (χ1n) is 7.88. The van der Waals surface area contributed by atoms with E-state index in [1.807, 2.05) is 48.5 Å². The lowest BCUT2D eigenvalue weighted by molar-refractivity contribution is -0.160. The lowest BCUT2D eigenvalue weighted by Gasteiger charge is -2.36. The Labute approximate surface area is 140 Å². The number of cyclic esters (lactones) is 1. The first-order chi connectivity index (χ1) is 11.6. The van der Waals surface area contributed by atoms with Crippen molar-refractivity contribution in [2.45, 2.75) is 18.9 Å². The van der Waals surface area contributed by atoms with Crippen LogP contribution in [0.4, 0.5) is 0 Å². The van der Waals surface area contributed by atoms with E-state index >= 15 is 0 Å². The largest absolute Gasteiger partial charge is 0.481 e. The van der Waals surface area contributed by atoms with Crippen molar-refractivity contribution in [3.63, 3.8) is 0 Å². The van der Waals surface area contributed by atoms with Gasteiger partial charge in [0.2, 0.25) is 0 Å². The number of carboxylic acids is 1. The van der Waals surface area contributed by atoms with Crippen molar-refractivity contribution < 1.29 is 19.4 Å². The van der Waals surface area contributed by atoms with Crippen molar-refractivity contribution in [2.75, 3.05) is 0 Å². The minimum atomic E-state index is -1.32. The van der Waals surface area contributed by atoms with E-state index in [4.69, 9.17) is 4.74 Å². The Morgan fingerprint density at radius 3 is 2.21 bits per heavy atom. The first-order valence-corrected chi connectivity index (χ1v) is 7.88. The van der Waals surface area contributed by atoms with Gasteiger partial charge in [-0.2, -0.15) is 0 Å². The molecular weight excluding hydrogens is 304 g/mol. The van der Waals surface area contributed by atoms with Crippen molar-refractivity contribution in [2.24, 2.45) is 5.92 Å². The molecule has 0 amide bonds.